The van der Waals surface area contributed by atoms with Crippen molar-refractivity contribution in [3.63, 3.8) is 0 Å². The molecule has 0 unspecified atom stereocenters. The standard InChI is InChI=1S/C21H20N2O2/c1-3-25-21(24)11-7-16-4-8-18-12-15(2)23(20(18)13-16)19-9-5-17(14-22)6-10-19/h4-6,8-10,12-13H,3,7,11H2,1-2H3. The summed E-state index contributed by atoms with van der Waals surface area (Å²) in [5.41, 5.74) is 5.00. The number of nitrogens with zero attached hydrogens (tertiary/aromatic N) is 2. The van der Waals surface area contributed by atoms with Gasteiger partial charge in [0.05, 0.1) is 23.8 Å². The second-order valence-electron chi connectivity index (χ2n) is 5.98. The molecule has 3 rings (SSSR count). The van der Waals surface area contributed by atoms with Crippen molar-refractivity contribution in [3.05, 3.63) is 65.4 Å². The predicted molar refractivity (Wildman–Crippen MR) is 97.7 cm³/mol. The zero-order valence-electron chi connectivity index (χ0n) is 14.5. The predicted octanol–water partition coefficient (Wildman–Crippen LogP) is 4.31. The number of carbonyl (C=O) groups is 1. The highest BCUT2D eigenvalue weighted by atomic mass is 16.5. The van der Waals surface area contributed by atoms with Crippen LogP contribution < -0.4 is 0 Å². The summed E-state index contributed by atoms with van der Waals surface area (Å²) in [4.78, 5) is 11.6. The minimum atomic E-state index is -0.166. The van der Waals surface area contributed by atoms with Gasteiger partial charge in [-0.25, -0.2) is 0 Å². The molecule has 0 aliphatic carbocycles. The van der Waals surface area contributed by atoms with E-state index in [4.69, 9.17) is 10.00 Å². The van der Waals surface area contributed by atoms with Crippen LogP contribution in [0.25, 0.3) is 16.6 Å². The van der Waals surface area contributed by atoms with Crippen LogP contribution >= 0.6 is 0 Å². The van der Waals surface area contributed by atoms with Gasteiger partial charge < -0.3 is 9.30 Å². The molecule has 4 heteroatoms. The van der Waals surface area contributed by atoms with Crippen molar-refractivity contribution in [2.45, 2.75) is 26.7 Å². The lowest BCUT2D eigenvalue weighted by Crippen LogP contribution is -2.05. The summed E-state index contributed by atoms with van der Waals surface area (Å²) >= 11 is 0. The zero-order valence-corrected chi connectivity index (χ0v) is 14.5. The Morgan fingerprint density at radius 1 is 1.16 bits per heavy atom. The van der Waals surface area contributed by atoms with Gasteiger partial charge in [0, 0.05) is 23.2 Å². The Morgan fingerprint density at radius 3 is 2.60 bits per heavy atom. The lowest BCUT2D eigenvalue weighted by molar-refractivity contribution is -0.143. The Morgan fingerprint density at radius 2 is 1.92 bits per heavy atom. The fourth-order valence-corrected chi connectivity index (χ4v) is 3.05. The van der Waals surface area contributed by atoms with Crippen molar-refractivity contribution in [2.24, 2.45) is 0 Å². The molecular formula is C21H20N2O2. The number of nitriles is 1. The van der Waals surface area contributed by atoms with E-state index in [2.05, 4.69) is 41.8 Å². The number of esters is 1. The normalized spacial score (nSPS) is 10.6. The van der Waals surface area contributed by atoms with Gasteiger partial charge in [0.25, 0.3) is 0 Å². The fraction of sp³-hybridized carbons (Fsp3) is 0.238. The number of carbonyl (C=O) groups excluding carboxylic acids is 1. The number of aryl methyl sites for hydroxylation is 2. The third kappa shape index (κ3) is 3.56. The van der Waals surface area contributed by atoms with Crippen molar-refractivity contribution in [2.75, 3.05) is 6.61 Å². The van der Waals surface area contributed by atoms with E-state index in [1.165, 1.54) is 0 Å². The van der Waals surface area contributed by atoms with Crippen molar-refractivity contribution >= 4 is 16.9 Å². The van der Waals surface area contributed by atoms with Gasteiger partial charge in [-0.2, -0.15) is 5.26 Å². The fourth-order valence-electron chi connectivity index (χ4n) is 3.05. The molecule has 0 saturated carbocycles. The number of rotatable bonds is 5. The van der Waals surface area contributed by atoms with Crippen LogP contribution in [-0.2, 0) is 16.0 Å². The van der Waals surface area contributed by atoms with Crippen LogP contribution in [0.3, 0.4) is 0 Å². The first-order valence-corrected chi connectivity index (χ1v) is 8.39. The van der Waals surface area contributed by atoms with Gasteiger partial charge in [0.1, 0.15) is 0 Å². The minimum absolute atomic E-state index is 0.166. The summed E-state index contributed by atoms with van der Waals surface area (Å²) in [6.45, 7) is 4.30. The first-order chi connectivity index (χ1) is 12.1. The maximum absolute atomic E-state index is 11.6. The second kappa shape index (κ2) is 7.23. The number of fused-ring (bicyclic) bond motifs is 1. The molecule has 0 bridgehead atoms. The van der Waals surface area contributed by atoms with Crippen LogP contribution in [0.15, 0.2) is 48.5 Å². The van der Waals surface area contributed by atoms with Crippen LogP contribution in [0.5, 0.6) is 0 Å². The van der Waals surface area contributed by atoms with E-state index in [-0.39, 0.29) is 5.97 Å². The Kier molecular flexibility index (Phi) is 4.85. The highest BCUT2D eigenvalue weighted by molar-refractivity contribution is 5.84. The highest BCUT2D eigenvalue weighted by Crippen LogP contribution is 2.26. The summed E-state index contributed by atoms with van der Waals surface area (Å²) in [6, 6.07) is 18.1. The Balaban J connectivity index is 1.95. The van der Waals surface area contributed by atoms with Gasteiger partial charge >= 0.3 is 5.97 Å². The molecule has 25 heavy (non-hydrogen) atoms. The van der Waals surface area contributed by atoms with E-state index < -0.39 is 0 Å². The molecule has 0 saturated heterocycles. The van der Waals surface area contributed by atoms with Crippen LogP contribution in [-0.4, -0.2) is 17.1 Å². The monoisotopic (exact) mass is 332 g/mol. The van der Waals surface area contributed by atoms with Gasteiger partial charge in [0.15, 0.2) is 0 Å². The van der Waals surface area contributed by atoms with E-state index >= 15 is 0 Å². The first kappa shape index (κ1) is 16.8. The van der Waals surface area contributed by atoms with E-state index in [0.29, 0.717) is 25.0 Å². The lowest BCUT2D eigenvalue weighted by Gasteiger charge is -2.10. The maximum atomic E-state index is 11.6. The van der Waals surface area contributed by atoms with Crippen molar-refractivity contribution < 1.29 is 9.53 Å². The molecule has 0 spiro atoms. The number of ether oxygens (including phenoxy) is 1. The zero-order chi connectivity index (χ0) is 17.8. The van der Waals surface area contributed by atoms with Crippen LogP contribution in [0, 0.1) is 18.3 Å². The second-order valence-corrected chi connectivity index (χ2v) is 5.98. The topological polar surface area (TPSA) is 55.0 Å². The van der Waals surface area contributed by atoms with Crippen molar-refractivity contribution in [1.29, 1.82) is 5.26 Å². The minimum Gasteiger partial charge on any atom is -0.466 e. The molecule has 1 aromatic heterocycles. The number of hydrogen-bond acceptors (Lipinski definition) is 3. The molecule has 0 amide bonds. The largest absolute Gasteiger partial charge is 0.466 e. The SMILES string of the molecule is CCOC(=O)CCc1ccc2cc(C)n(-c3ccc(C#N)cc3)c2c1. The molecule has 3 aromatic rings. The smallest absolute Gasteiger partial charge is 0.306 e. The molecule has 0 fully saturated rings. The number of benzene rings is 2. The van der Waals surface area contributed by atoms with E-state index in [1.54, 1.807) is 0 Å². The molecule has 0 radical (unpaired) electrons. The quantitative estimate of drug-likeness (QED) is 0.654. The lowest BCUT2D eigenvalue weighted by atomic mass is 10.1. The number of hydrogen-bond donors (Lipinski definition) is 0. The summed E-state index contributed by atoms with van der Waals surface area (Å²) in [7, 11) is 0. The van der Waals surface area contributed by atoms with E-state index in [9.17, 15) is 4.79 Å². The molecule has 4 nitrogen and oxygen atoms in total. The van der Waals surface area contributed by atoms with Crippen LogP contribution in [0.1, 0.15) is 30.2 Å². The molecule has 0 aliphatic heterocycles. The molecule has 2 aromatic carbocycles. The molecule has 0 N–H and O–H groups in total. The third-order valence-electron chi connectivity index (χ3n) is 4.23. The van der Waals surface area contributed by atoms with Gasteiger partial charge in [-0.15, -0.1) is 0 Å². The van der Waals surface area contributed by atoms with Crippen LogP contribution in [0.4, 0.5) is 0 Å². The molecular weight excluding hydrogens is 312 g/mol. The summed E-state index contributed by atoms with van der Waals surface area (Å²) in [5, 5.41) is 10.1. The Bertz CT molecular complexity index is 946. The van der Waals surface area contributed by atoms with Gasteiger partial charge in [-0.05, 0) is 62.2 Å². The Hall–Kier alpha value is -3.06. The van der Waals surface area contributed by atoms with Crippen LogP contribution in [0.2, 0.25) is 0 Å². The average molecular weight is 332 g/mol. The number of aromatic nitrogens is 1. The molecule has 0 atom stereocenters. The summed E-state index contributed by atoms with van der Waals surface area (Å²) in [6.07, 6.45) is 1.04. The molecule has 126 valence electrons. The van der Waals surface area contributed by atoms with Gasteiger partial charge in [0.2, 0.25) is 0 Å². The molecule has 1 heterocycles. The average Bonchev–Trinajstić information content (AvgIpc) is 2.95. The van der Waals surface area contributed by atoms with Gasteiger partial charge in [-0.3, -0.25) is 4.79 Å². The third-order valence-corrected chi connectivity index (χ3v) is 4.23. The van der Waals surface area contributed by atoms with Crippen molar-refractivity contribution in [1.82, 2.24) is 4.57 Å². The molecule has 0 aliphatic rings. The van der Waals surface area contributed by atoms with E-state index in [1.807, 2.05) is 31.2 Å². The highest BCUT2D eigenvalue weighted by Gasteiger charge is 2.10. The maximum Gasteiger partial charge on any atom is 0.306 e. The Labute approximate surface area is 147 Å². The first-order valence-electron chi connectivity index (χ1n) is 8.39. The van der Waals surface area contributed by atoms with Gasteiger partial charge in [-0.1, -0.05) is 12.1 Å². The summed E-state index contributed by atoms with van der Waals surface area (Å²) < 4.78 is 7.17. The van der Waals surface area contributed by atoms with Crippen molar-refractivity contribution in [3.8, 4) is 11.8 Å². The summed E-state index contributed by atoms with van der Waals surface area (Å²) in [5.74, 6) is -0.166. The van der Waals surface area contributed by atoms with E-state index in [0.717, 1.165) is 27.8 Å².